The largest absolute Gasteiger partial charge is 0.283 e. The third-order valence-electron chi connectivity index (χ3n) is 3.98. The Hall–Kier alpha value is -2.60. The van der Waals surface area contributed by atoms with Gasteiger partial charge in [-0.2, -0.15) is 13.5 Å². The summed E-state index contributed by atoms with van der Waals surface area (Å²) in [5.74, 6) is 0. The summed E-state index contributed by atoms with van der Waals surface area (Å²) in [6.07, 6.45) is 2.40. The van der Waals surface area contributed by atoms with Gasteiger partial charge in [-0.25, -0.2) is 4.68 Å². The molecule has 0 bridgehead atoms. The normalized spacial score (nSPS) is 14.0. The molecule has 3 aromatic rings. The van der Waals surface area contributed by atoms with Crippen LogP contribution in [0.3, 0.4) is 0 Å². The average molecular weight is 325 g/mol. The van der Waals surface area contributed by atoms with Gasteiger partial charge in [-0.05, 0) is 36.2 Å². The number of nitrogens with zero attached hydrogens (tertiary/aromatic N) is 3. The predicted octanol–water partition coefficient (Wildman–Crippen LogP) is 2.62. The van der Waals surface area contributed by atoms with E-state index in [4.69, 9.17) is 0 Å². The van der Waals surface area contributed by atoms with E-state index in [-0.39, 0.29) is 5.03 Å². The van der Waals surface area contributed by atoms with E-state index in [0.717, 1.165) is 23.4 Å². The van der Waals surface area contributed by atoms with Gasteiger partial charge in [0.15, 0.2) is 5.03 Å². The Balaban J connectivity index is 1.72. The molecule has 0 saturated carbocycles. The van der Waals surface area contributed by atoms with Gasteiger partial charge in [0.1, 0.15) is 0 Å². The van der Waals surface area contributed by atoms with E-state index in [1.165, 1.54) is 4.31 Å². The molecule has 0 spiro atoms. The fourth-order valence-corrected chi connectivity index (χ4v) is 4.26. The number of benzene rings is 2. The number of hydrogen-bond donors (Lipinski definition) is 0. The fourth-order valence-electron chi connectivity index (χ4n) is 2.84. The maximum atomic E-state index is 12.9. The lowest BCUT2D eigenvalue weighted by Gasteiger charge is -2.17. The molecule has 0 unspecified atom stereocenters. The lowest BCUT2D eigenvalue weighted by atomic mass is 10.2. The van der Waals surface area contributed by atoms with Crippen LogP contribution in [0.2, 0.25) is 0 Å². The second kappa shape index (κ2) is 5.24. The minimum atomic E-state index is -3.64. The first-order chi connectivity index (χ1) is 11.2. The lowest BCUT2D eigenvalue weighted by molar-refractivity contribution is 0.586. The Morgan fingerprint density at radius 3 is 2.48 bits per heavy atom. The molecule has 116 valence electrons. The van der Waals surface area contributed by atoms with Crippen molar-refractivity contribution >= 4 is 15.7 Å². The van der Waals surface area contributed by atoms with Crippen LogP contribution >= 0.6 is 0 Å². The van der Waals surface area contributed by atoms with E-state index in [2.05, 4.69) is 5.10 Å². The van der Waals surface area contributed by atoms with Crippen LogP contribution in [0.4, 0.5) is 5.69 Å². The van der Waals surface area contributed by atoms with Crippen LogP contribution in [0, 0.1) is 0 Å². The van der Waals surface area contributed by atoms with E-state index in [1.54, 1.807) is 16.9 Å². The minimum absolute atomic E-state index is 0.0676. The number of anilines is 1. The summed E-state index contributed by atoms with van der Waals surface area (Å²) in [4.78, 5) is 0. The van der Waals surface area contributed by atoms with Gasteiger partial charge in [0.05, 0.1) is 11.4 Å². The van der Waals surface area contributed by atoms with E-state index >= 15 is 0 Å². The zero-order chi connectivity index (χ0) is 15.9. The quantitative estimate of drug-likeness (QED) is 0.744. The molecule has 5 nitrogen and oxygen atoms in total. The number of para-hydroxylation sites is 2. The van der Waals surface area contributed by atoms with Crippen molar-refractivity contribution in [3.05, 3.63) is 72.4 Å². The molecule has 1 aromatic heterocycles. The van der Waals surface area contributed by atoms with Crippen LogP contribution in [0.5, 0.6) is 0 Å². The molecule has 0 amide bonds. The van der Waals surface area contributed by atoms with Gasteiger partial charge in [0.2, 0.25) is 0 Å². The van der Waals surface area contributed by atoms with Gasteiger partial charge in [-0.1, -0.05) is 36.4 Å². The van der Waals surface area contributed by atoms with Crippen LogP contribution in [0.25, 0.3) is 5.69 Å². The molecule has 0 N–H and O–H groups in total. The third kappa shape index (κ3) is 2.31. The van der Waals surface area contributed by atoms with Crippen molar-refractivity contribution in [2.24, 2.45) is 0 Å². The van der Waals surface area contributed by atoms with Crippen LogP contribution in [-0.2, 0) is 16.4 Å². The molecule has 0 fully saturated rings. The predicted molar refractivity (Wildman–Crippen MR) is 88.2 cm³/mol. The van der Waals surface area contributed by atoms with Crippen LogP contribution in [0.15, 0.2) is 71.9 Å². The van der Waals surface area contributed by atoms with Crippen molar-refractivity contribution in [3.63, 3.8) is 0 Å². The van der Waals surface area contributed by atoms with Gasteiger partial charge >= 0.3 is 0 Å². The van der Waals surface area contributed by atoms with Gasteiger partial charge in [0.25, 0.3) is 10.0 Å². The molecule has 0 radical (unpaired) electrons. The van der Waals surface area contributed by atoms with Crippen molar-refractivity contribution in [1.82, 2.24) is 9.78 Å². The second-order valence-corrected chi connectivity index (χ2v) is 7.20. The van der Waals surface area contributed by atoms with Gasteiger partial charge in [-0.3, -0.25) is 4.31 Å². The van der Waals surface area contributed by atoms with E-state index < -0.39 is 10.0 Å². The Bertz CT molecular complexity index is 949. The number of aromatic nitrogens is 2. The number of rotatable bonds is 3. The summed E-state index contributed by atoms with van der Waals surface area (Å²) in [7, 11) is -3.64. The van der Waals surface area contributed by atoms with Crippen molar-refractivity contribution in [3.8, 4) is 5.69 Å². The van der Waals surface area contributed by atoms with Crippen molar-refractivity contribution in [2.75, 3.05) is 10.8 Å². The number of sulfonamides is 1. The summed E-state index contributed by atoms with van der Waals surface area (Å²) >= 11 is 0. The highest BCUT2D eigenvalue weighted by Crippen LogP contribution is 2.32. The van der Waals surface area contributed by atoms with E-state index in [9.17, 15) is 8.42 Å². The number of fused-ring (bicyclic) bond motifs is 1. The fraction of sp³-hybridized carbons (Fsp3) is 0.118. The molecule has 2 heterocycles. The van der Waals surface area contributed by atoms with Gasteiger partial charge < -0.3 is 0 Å². The maximum absolute atomic E-state index is 12.9. The smallest absolute Gasteiger partial charge is 0.264 e. The average Bonchev–Trinajstić information content (AvgIpc) is 3.23. The van der Waals surface area contributed by atoms with E-state index in [1.807, 2.05) is 54.6 Å². The zero-order valence-electron chi connectivity index (χ0n) is 12.3. The zero-order valence-corrected chi connectivity index (χ0v) is 13.1. The van der Waals surface area contributed by atoms with Gasteiger partial charge in [0, 0.05) is 12.7 Å². The topological polar surface area (TPSA) is 55.2 Å². The molecule has 0 atom stereocenters. The van der Waals surface area contributed by atoms with Crippen molar-refractivity contribution in [2.45, 2.75) is 11.4 Å². The highest BCUT2D eigenvalue weighted by Gasteiger charge is 2.32. The highest BCUT2D eigenvalue weighted by atomic mass is 32.2. The molecule has 6 heteroatoms. The maximum Gasteiger partial charge on any atom is 0.283 e. The Morgan fingerprint density at radius 1 is 0.913 bits per heavy atom. The molecule has 0 saturated heterocycles. The molecular formula is C17H15N3O2S. The summed E-state index contributed by atoms with van der Waals surface area (Å²) in [6, 6.07) is 18.6. The molecule has 4 rings (SSSR count). The molecule has 2 aromatic carbocycles. The Labute approximate surface area is 134 Å². The molecule has 23 heavy (non-hydrogen) atoms. The molecular weight excluding hydrogens is 310 g/mol. The Kier molecular flexibility index (Phi) is 3.20. The van der Waals surface area contributed by atoms with Crippen LogP contribution in [-0.4, -0.2) is 24.7 Å². The SMILES string of the molecule is O=S(=O)(c1ccn(-c2ccccc2)n1)N1CCc2ccccc21. The summed E-state index contributed by atoms with van der Waals surface area (Å²) in [5.41, 5.74) is 2.64. The minimum Gasteiger partial charge on any atom is -0.264 e. The summed E-state index contributed by atoms with van der Waals surface area (Å²) in [6.45, 7) is 0.458. The number of hydrogen-bond acceptors (Lipinski definition) is 3. The first-order valence-electron chi connectivity index (χ1n) is 7.38. The second-order valence-electron chi connectivity index (χ2n) is 5.39. The molecule has 0 aliphatic carbocycles. The third-order valence-corrected chi connectivity index (χ3v) is 5.69. The standard InChI is InChI=1S/C17H15N3O2S/c21-23(22,20-13-10-14-6-4-5-9-16(14)20)17-11-12-19(18-17)15-7-2-1-3-8-15/h1-9,11-12H,10,13H2. The van der Waals surface area contributed by atoms with Crippen LogP contribution in [0.1, 0.15) is 5.56 Å². The van der Waals surface area contributed by atoms with Gasteiger partial charge in [-0.15, -0.1) is 0 Å². The first kappa shape index (κ1) is 14.0. The lowest BCUT2D eigenvalue weighted by Crippen LogP contribution is -2.29. The summed E-state index contributed by atoms with van der Waals surface area (Å²) in [5, 5.41) is 4.32. The monoisotopic (exact) mass is 325 g/mol. The molecule has 1 aliphatic heterocycles. The highest BCUT2D eigenvalue weighted by molar-refractivity contribution is 7.92. The van der Waals surface area contributed by atoms with Crippen molar-refractivity contribution < 1.29 is 8.42 Å². The summed E-state index contributed by atoms with van der Waals surface area (Å²) < 4.78 is 28.8. The van der Waals surface area contributed by atoms with Crippen molar-refractivity contribution in [1.29, 1.82) is 0 Å². The van der Waals surface area contributed by atoms with Crippen LogP contribution < -0.4 is 4.31 Å². The first-order valence-corrected chi connectivity index (χ1v) is 8.82. The Morgan fingerprint density at radius 2 is 1.65 bits per heavy atom. The molecule has 1 aliphatic rings. The van der Waals surface area contributed by atoms with E-state index in [0.29, 0.717) is 6.54 Å².